The molecule has 0 bridgehead atoms. The molecule has 3 aromatic rings. The summed E-state index contributed by atoms with van der Waals surface area (Å²) in [6.45, 7) is 2.15. The molecule has 38 heavy (non-hydrogen) atoms. The molecule has 2 aliphatic heterocycles. The molecule has 7 heteroatoms. The fourth-order valence-corrected chi connectivity index (χ4v) is 5.50. The van der Waals surface area contributed by atoms with E-state index in [4.69, 9.17) is 4.74 Å². The quantitative estimate of drug-likeness (QED) is 0.497. The smallest absolute Gasteiger partial charge is 0.321 e. The first kappa shape index (κ1) is 25.8. The Bertz CT molecular complexity index is 1320. The highest BCUT2D eigenvalue weighted by atomic mass is 19.1. The Balaban J connectivity index is 1.30. The van der Waals surface area contributed by atoms with Crippen molar-refractivity contribution in [2.45, 2.75) is 30.8 Å². The maximum Gasteiger partial charge on any atom is 0.321 e. The number of fused-ring (bicyclic) bond motifs is 1. The lowest BCUT2D eigenvalue weighted by Gasteiger charge is -2.57. The fraction of sp³-hybridized carbons (Fsp3) is 0.323. The monoisotopic (exact) mass is 513 g/mol. The molecule has 0 saturated carbocycles. The van der Waals surface area contributed by atoms with Gasteiger partial charge in [-0.05, 0) is 79.5 Å². The number of hydrogen-bond donors (Lipinski definition) is 2. The number of rotatable bonds is 4. The number of nitrogens with one attached hydrogen (secondary N) is 1. The van der Waals surface area contributed by atoms with Crippen LogP contribution in [0.2, 0.25) is 0 Å². The summed E-state index contributed by atoms with van der Waals surface area (Å²) in [6.07, 6.45) is 1.83. The summed E-state index contributed by atoms with van der Waals surface area (Å²) in [6, 6.07) is 21.7. The van der Waals surface area contributed by atoms with Crippen molar-refractivity contribution in [2.24, 2.45) is 0 Å². The molecule has 196 valence electrons. The number of aliphatic hydroxyl groups is 1. The normalized spacial score (nSPS) is 21.1. The van der Waals surface area contributed by atoms with Gasteiger partial charge in [0.05, 0.1) is 13.7 Å². The second kappa shape index (κ2) is 11.7. The van der Waals surface area contributed by atoms with Gasteiger partial charge < -0.3 is 20.1 Å². The van der Waals surface area contributed by atoms with Crippen molar-refractivity contribution >= 4 is 11.7 Å². The standard InChI is InChI=1S/C31H32FN3O3/c1-38-27-15-11-23(12-16-27)8-7-22-9-13-24(14-10-22)30-28-20-34(17-2-3-18-35(28)29(30)21-36)31(37)33-26-6-4-5-25(32)19-26/h4-6,9-16,19,28-30,36H,2-3,17-18,20-21H2,1H3,(H,33,37)/t28-,29-,30+/m0/s1. The molecule has 2 fully saturated rings. The lowest BCUT2D eigenvalue weighted by molar-refractivity contribution is -0.0585. The second-order valence-corrected chi connectivity index (χ2v) is 9.78. The van der Waals surface area contributed by atoms with E-state index >= 15 is 0 Å². The molecule has 2 aliphatic rings. The van der Waals surface area contributed by atoms with Crippen LogP contribution < -0.4 is 10.1 Å². The van der Waals surface area contributed by atoms with E-state index in [1.165, 1.54) is 12.1 Å². The maximum atomic E-state index is 13.6. The summed E-state index contributed by atoms with van der Waals surface area (Å²) < 4.78 is 18.8. The number of carbonyl (C=O) groups is 1. The van der Waals surface area contributed by atoms with Gasteiger partial charge >= 0.3 is 6.03 Å². The molecule has 0 unspecified atom stereocenters. The van der Waals surface area contributed by atoms with Crippen LogP contribution >= 0.6 is 0 Å². The van der Waals surface area contributed by atoms with Crippen LogP contribution in [0.4, 0.5) is 14.9 Å². The minimum absolute atomic E-state index is 0.0162. The van der Waals surface area contributed by atoms with Gasteiger partial charge in [0, 0.05) is 47.9 Å². The zero-order valence-electron chi connectivity index (χ0n) is 21.4. The van der Waals surface area contributed by atoms with Crippen molar-refractivity contribution in [3.05, 3.63) is 95.3 Å². The summed E-state index contributed by atoms with van der Waals surface area (Å²) in [5, 5.41) is 13.1. The number of anilines is 1. The van der Waals surface area contributed by atoms with E-state index in [0.717, 1.165) is 41.8 Å². The van der Waals surface area contributed by atoms with Crippen LogP contribution in [0.5, 0.6) is 5.75 Å². The third kappa shape index (κ3) is 5.67. The highest BCUT2D eigenvalue weighted by Gasteiger charge is 2.49. The average molecular weight is 514 g/mol. The number of ether oxygens (including phenoxy) is 1. The summed E-state index contributed by atoms with van der Waals surface area (Å²) in [5.41, 5.74) is 3.40. The van der Waals surface area contributed by atoms with Crippen molar-refractivity contribution in [1.29, 1.82) is 0 Å². The predicted molar refractivity (Wildman–Crippen MR) is 146 cm³/mol. The second-order valence-electron chi connectivity index (χ2n) is 9.78. The van der Waals surface area contributed by atoms with Crippen LogP contribution in [0, 0.1) is 17.7 Å². The number of nitrogens with zero attached hydrogens (tertiary/aromatic N) is 2. The summed E-state index contributed by atoms with van der Waals surface area (Å²) in [4.78, 5) is 17.2. The van der Waals surface area contributed by atoms with Gasteiger partial charge in [0.2, 0.25) is 0 Å². The van der Waals surface area contributed by atoms with Crippen LogP contribution in [-0.2, 0) is 0 Å². The number of methoxy groups -OCH3 is 1. The number of aliphatic hydroxyl groups excluding tert-OH is 1. The Labute approximate surface area is 223 Å². The molecule has 6 nitrogen and oxygen atoms in total. The van der Waals surface area contributed by atoms with E-state index in [2.05, 4.69) is 34.2 Å². The first-order valence-electron chi connectivity index (χ1n) is 13.0. The molecule has 5 rings (SSSR count). The first-order chi connectivity index (χ1) is 18.6. The molecule has 0 spiro atoms. The van der Waals surface area contributed by atoms with Crippen LogP contribution in [0.25, 0.3) is 0 Å². The number of amides is 2. The Morgan fingerprint density at radius 3 is 2.37 bits per heavy atom. The van der Waals surface area contributed by atoms with Crippen molar-refractivity contribution in [2.75, 3.05) is 38.7 Å². The van der Waals surface area contributed by atoms with E-state index in [1.54, 1.807) is 19.2 Å². The zero-order valence-corrected chi connectivity index (χ0v) is 21.4. The number of hydrogen-bond acceptors (Lipinski definition) is 4. The van der Waals surface area contributed by atoms with Crippen molar-refractivity contribution < 1.29 is 19.0 Å². The number of carbonyl (C=O) groups excluding carboxylic acids is 1. The molecule has 0 aromatic heterocycles. The predicted octanol–water partition coefficient (Wildman–Crippen LogP) is 4.69. The van der Waals surface area contributed by atoms with E-state index in [1.807, 2.05) is 41.3 Å². The molecule has 2 N–H and O–H groups in total. The number of urea groups is 1. The third-order valence-electron chi connectivity index (χ3n) is 7.47. The van der Waals surface area contributed by atoms with Gasteiger partial charge in [-0.25, -0.2) is 9.18 Å². The van der Waals surface area contributed by atoms with Gasteiger partial charge in [-0.2, -0.15) is 0 Å². The minimum atomic E-state index is -0.386. The van der Waals surface area contributed by atoms with Crippen molar-refractivity contribution in [3.8, 4) is 17.6 Å². The Hall–Kier alpha value is -3.86. The minimum Gasteiger partial charge on any atom is -0.497 e. The number of benzene rings is 3. The van der Waals surface area contributed by atoms with Gasteiger partial charge in [-0.15, -0.1) is 0 Å². The van der Waals surface area contributed by atoms with Crippen LogP contribution in [0.3, 0.4) is 0 Å². The molecule has 3 aromatic carbocycles. The van der Waals surface area contributed by atoms with Crippen molar-refractivity contribution in [3.63, 3.8) is 0 Å². The summed E-state index contributed by atoms with van der Waals surface area (Å²) >= 11 is 0. The highest BCUT2D eigenvalue weighted by Crippen LogP contribution is 2.42. The highest BCUT2D eigenvalue weighted by molar-refractivity contribution is 5.89. The molecular weight excluding hydrogens is 481 g/mol. The average Bonchev–Trinajstić information content (AvgIpc) is 2.92. The molecule has 3 atom stereocenters. The van der Waals surface area contributed by atoms with Gasteiger partial charge in [-0.1, -0.05) is 30.0 Å². The third-order valence-corrected chi connectivity index (χ3v) is 7.47. The van der Waals surface area contributed by atoms with Gasteiger partial charge in [0.15, 0.2) is 0 Å². The van der Waals surface area contributed by atoms with Crippen LogP contribution in [0.15, 0.2) is 72.8 Å². The Morgan fingerprint density at radius 2 is 1.71 bits per heavy atom. The number of halogens is 1. The van der Waals surface area contributed by atoms with Crippen LogP contribution in [0.1, 0.15) is 35.4 Å². The van der Waals surface area contributed by atoms with Gasteiger partial charge in [0.25, 0.3) is 0 Å². The summed E-state index contributed by atoms with van der Waals surface area (Å²) in [5.74, 6) is 6.91. The molecule has 0 aliphatic carbocycles. The molecule has 2 heterocycles. The molecule has 2 saturated heterocycles. The van der Waals surface area contributed by atoms with E-state index < -0.39 is 0 Å². The summed E-state index contributed by atoms with van der Waals surface area (Å²) in [7, 11) is 1.64. The Kier molecular flexibility index (Phi) is 7.92. The Morgan fingerprint density at radius 1 is 1.03 bits per heavy atom. The topological polar surface area (TPSA) is 65.0 Å². The van der Waals surface area contributed by atoms with Crippen LogP contribution in [-0.4, -0.2) is 66.4 Å². The fourth-order valence-electron chi connectivity index (χ4n) is 5.50. The molecular formula is C31H32FN3O3. The molecule has 2 amide bonds. The lowest BCUT2D eigenvalue weighted by atomic mass is 9.74. The van der Waals surface area contributed by atoms with E-state index in [0.29, 0.717) is 18.8 Å². The van der Waals surface area contributed by atoms with Gasteiger partial charge in [-0.3, -0.25) is 4.90 Å². The maximum absolute atomic E-state index is 13.6. The van der Waals surface area contributed by atoms with Crippen molar-refractivity contribution in [1.82, 2.24) is 9.80 Å². The zero-order chi connectivity index (χ0) is 26.5. The first-order valence-corrected chi connectivity index (χ1v) is 13.0. The van der Waals surface area contributed by atoms with E-state index in [-0.39, 0.29) is 36.5 Å². The lowest BCUT2D eigenvalue weighted by Crippen LogP contribution is -2.68. The van der Waals surface area contributed by atoms with E-state index in [9.17, 15) is 14.3 Å². The molecule has 0 radical (unpaired) electrons. The van der Waals surface area contributed by atoms with Gasteiger partial charge in [0.1, 0.15) is 11.6 Å². The SMILES string of the molecule is COc1ccc(C#Cc2ccc([C@H]3[C@H](CO)N4CCCCN(C(=O)Nc5cccc(F)c5)C[C@@H]34)cc2)cc1. The largest absolute Gasteiger partial charge is 0.497 e.